The van der Waals surface area contributed by atoms with Gasteiger partial charge in [-0.1, -0.05) is 54.2 Å². The van der Waals surface area contributed by atoms with Gasteiger partial charge in [0.05, 0.1) is 18.0 Å². The topological polar surface area (TPSA) is 83.4 Å². The van der Waals surface area contributed by atoms with Gasteiger partial charge < -0.3 is 10.1 Å². The normalized spacial score (nSPS) is 17.1. The molecule has 0 radical (unpaired) electrons. The number of carbonyl (C=O) groups is 2. The molecular weight excluding hydrogens is 460 g/mol. The van der Waals surface area contributed by atoms with Crippen LogP contribution in [0.3, 0.4) is 0 Å². The van der Waals surface area contributed by atoms with Crippen molar-refractivity contribution in [2.45, 2.75) is 24.6 Å². The summed E-state index contributed by atoms with van der Waals surface area (Å²) in [5.74, 6) is 0.983. The number of aliphatic imine (C=N–C) groups is 2. The number of anilines is 1. The number of hydrogen-bond acceptors (Lipinski definition) is 6. The van der Waals surface area contributed by atoms with E-state index in [-0.39, 0.29) is 11.8 Å². The average Bonchev–Trinajstić information content (AvgIpc) is 3.21. The van der Waals surface area contributed by atoms with E-state index in [1.54, 1.807) is 43.2 Å². The lowest BCUT2D eigenvalue weighted by molar-refractivity contribution is -0.124. The Morgan fingerprint density at radius 2 is 1.77 bits per heavy atom. The summed E-state index contributed by atoms with van der Waals surface area (Å²) in [6, 6.07) is 24.1. The van der Waals surface area contributed by atoms with Crippen LogP contribution in [-0.4, -0.2) is 46.1 Å². The number of para-hydroxylation sites is 1. The number of amidine groups is 2. The Kier molecular flexibility index (Phi) is 6.37. The maximum atomic E-state index is 13.5. The van der Waals surface area contributed by atoms with Crippen LogP contribution in [0.1, 0.15) is 18.1 Å². The average molecular weight is 485 g/mol. The first kappa shape index (κ1) is 22.9. The van der Waals surface area contributed by atoms with Crippen LogP contribution in [0, 0.1) is 0 Å². The molecule has 5 rings (SSSR count). The van der Waals surface area contributed by atoms with E-state index in [2.05, 4.69) is 5.32 Å². The predicted molar refractivity (Wildman–Crippen MR) is 140 cm³/mol. The standard InChI is InChI=1S/C27H24N4O3S/c1-17(25(32)28-19-12-14-20(34-2)15-13-19)35-27-30-22-11-7-6-10-21(22)24-29-23(26(33)31(24)27)16-18-8-4-3-5-9-18/h3-15,17,23H,16H2,1-2H3,(H,28,32)/t17-,23+/m1/s1. The first-order valence-electron chi connectivity index (χ1n) is 11.3. The maximum absolute atomic E-state index is 13.5. The zero-order chi connectivity index (χ0) is 24.4. The zero-order valence-corrected chi connectivity index (χ0v) is 20.2. The summed E-state index contributed by atoms with van der Waals surface area (Å²) in [6.07, 6.45) is 0.507. The molecule has 3 aromatic rings. The van der Waals surface area contributed by atoms with E-state index in [9.17, 15) is 9.59 Å². The first-order valence-corrected chi connectivity index (χ1v) is 12.2. The molecule has 35 heavy (non-hydrogen) atoms. The predicted octanol–water partition coefficient (Wildman–Crippen LogP) is 4.66. The third kappa shape index (κ3) is 4.70. The van der Waals surface area contributed by atoms with Crippen LogP contribution in [0.5, 0.6) is 5.75 Å². The van der Waals surface area contributed by atoms with E-state index < -0.39 is 11.3 Å². The van der Waals surface area contributed by atoms with Gasteiger partial charge in [-0.3, -0.25) is 14.6 Å². The molecule has 0 fully saturated rings. The van der Waals surface area contributed by atoms with Gasteiger partial charge in [0.1, 0.15) is 17.6 Å². The second kappa shape index (κ2) is 9.76. The molecule has 1 N–H and O–H groups in total. The molecule has 2 atom stereocenters. The van der Waals surface area contributed by atoms with Crippen LogP contribution in [0.2, 0.25) is 0 Å². The molecule has 0 spiro atoms. The Morgan fingerprint density at radius 1 is 1.06 bits per heavy atom. The van der Waals surface area contributed by atoms with Crippen molar-refractivity contribution in [1.29, 1.82) is 0 Å². The van der Waals surface area contributed by atoms with Gasteiger partial charge in [-0.25, -0.2) is 9.89 Å². The molecule has 0 bridgehead atoms. The van der Waals surface area contributed by atoms with E-state index in [0.29, 0.717) is 28.9 Å². The fourth-order valence-corrected chi connectivity index (χ4v) is 4.90. The van der Waals surface area contributed by atoms with Gasteiger partial charge in [0.2, 0.25) is 5.91 Å². The zero-order valence-electron chi connectivity index (χ0n) is 19.3. The van der Waals surface area contributed by atoms with Crippen LogP contribution in [0.15, 0.2) is 88.8 Å². The van der Waals surface area contributed by atoms with E-state index >= 15 is 0 Å². The number of methoxy groups -OCH3 is 1. The smallest absolute Gasteiger partial charge is 0.259 e. The lowest BCUT2D eigenvalue weighted by Crippen LogP contribution is -2.42. The summed E-state index contributed by atoms with van der Waals surface area (Å²) in [7, 11) is 1.59. The summed E-state index contributed by atoms with van der Waals surface area (Å²) >= 11 is 1.25. The van der Waals surface area contributed by atoms with Crippen LogP contribution in [0.4, 0.5) is 11.4 Å². The van der Waals surface area contributed by atoms with Crippen LogP contribution in [0.25, 0.3) is 0 Å². The monoisotopic (exact) mass is 484 g/mol. The van der Waals surface area contributed by atoms with E-state index in [0.717, 1.165) is 16.8 Å². The Hall–Kier alpha value is -3.91. The number of benzene rings is 3. The molecule has 0 aliphatic carbocycles. The Bertz CT molecular complexity index is 1320. The molecule has 2 aliphatic rings. The minimum absolute atomic E-state index is 0.132. The van der Waals surface area contributed by atoms with Gasteiger partial charge in [0, 0.05) is 17.7 Å². The summed E-state index contributed by atoms with van der Waals surface area (Å²) in [4.78, 5) is 37.5. The number of amides is 2. The summed E-state index contributed by atoms with van der Waals surface area (Å²) < 4.78 is 5.17. The van der Waals surface area contributed by atoms with Crippen molar-refractivity contribution >= 4 is 46.0 Å². The van der Waals surface area contributed by atoms with Gasteiger partial charge in [-0.2, -0.15) is 0 Å². The molecule has 3 aromatic carbocycles. The van der Waals surface area contributed by atoms with Gasteiger partial charge >= 0.3 is 0 Å². The molecule has 2 aliphatic heterocycles. The summed E-state index contributed by atoms with van der Waals surface area (Å²) in [5, 5.41) is 2.87. The molecule has 8 heteroatoms. The van der Waals surface area contributed by atoms with E-state index in [4.69, 9.17) is 14.7 Å². The molecule has 0 saturated heterocycles. The highest BCUT2D eigenvalue weighted by Crippen LogP contribution is 2.35. The van der Waals surface area contributed by atoms with Gasteiger partial charge in [0.15, 0.2) is 5.17 Å². The highest BCUT2D eigenvalue weighted by molar-refractivity contribution is 8.15. The molecular formula is C27H24N4O3S. The Balaban J connectivity index is 1.37. The molecule has 2 heterocycles. The number of nitrogens with zero attached hydrogens (tertiary/aromatic N) is 3. The number of thioether (sulfide) groups is 1. The molecule has 0 aromatic heterocycles. The minimum Gasteiger partial charge on any atom is -0.497 e. The van der Waals surface area contributed by atoms with Gasteiger partial charge in [0.25, 0.3) is 5.91 Å². The van der Waals surface area contributed by atoms with E-state index in [1.165, 1.54) is 11.8 Å². The second-order valence-corrected chi connectivity index (χ2v) is 9.53. The third-order valence-corrected chi connectivity index (χ3v) is 6.88. The Labute approximate surface area is 207 Å². The highest BCUT2D eigenvalue weighted by atomic mass is 32.2. The van der Waals surface area contributed by atoms with Crippen LogP contribution >= 0.6 is 11.8 Å². The van der Waals surface area contributed by atoms with Crippen molar-refractivity contribution in [3.63, 3.8) is 0 Å². The second-order valence-electron chi connectivity index (χ2n) is 8.22. The van der Waals surface area contributed by atoms with E-state index in [1.807, 2.05) is 54.6 Å². The number of hydrogen-bond donors (Lipinski definition) is 1. The largest absolute Gasteiger partial charge is 0.497 e. The fraction of sp³-hybridized carbons (Fsp3) is 0.185. The summed E-state index contributed by atoms with van der Waals surface area (Å²) in [6.45, 7) is 1.80. The third-order valence-electron chi connectivity index (χ3n) is 5.83. The molecule has 176 valence electrons. The van der Waals surface area contributed by atoms with Crippen molar-refractivity contribution in [2.75, 3.05) is 12.4 Å². The minimum atomic E-state index is -0.534. The number of carbonyl (C=O) groups excluding carboxylic acids is 2. The highest BCUT2D eigenvalue weighted by Gasteiger charge is 2.42. The SMILES string of the molecule is COc1ccc(NC(=O)[C@@H](C)SC2=Nc3ccccc3C3=N[C@@H](Cc4ccccc4)C(=O)N23)cc1. The van der Waals surface area contributed by atoms with Crippen LogP contribution < -0.4 is 10.1 Å². The fourth-order valence-electron chi connectivity index (χ4n) is 3.98. The van der Waals surface area contributed by atoms with Crippen molar-refractivity contribution in [3.05, 3.63) is 90.0 Å². The Morgan fingerprint density at radius 3 is 2.51 bits per heavy atom. The number of rotatable bonds is 6. The molecule has 7 nitrogen and oxygen atoms in total. The molecule has 0 saturated carbocycles. The van der Waals surface area contributed by atoms with Crippen molar-refractivity contribution in [1.82, 2.24) is 4.90 Å². The molecule has 2 amide bonds. The number of fused-ring (bicyclic) bond motifs is 3. The van der Waals surface area contributed by atoms with Crippen molar-refractivity contribution in [3.8, 4) is 5.75 Å². The van der Waals surface area contributed by atoms with Crippen molar-refractivity contribution < 1.29 is 14.3 Å². The molecule has 0 unspecified atom stereocenters. The maximum Gasteiger partial charge on any atom is 0.259 e. The number of ether oxygens (including phenoxy) is 1. The summed E-state index contributed by atoms with van der Waals surface area (Å²) in [5.41, 5.74) is 3.26. The lowest BCUT2D eigenvalue weighted by atomic mass is 10.1. The lowest BCUT2D eigenvalue weighted by Gasteiger charge is -2.27. The number of nitrogens with one attached hydrogen (secondary N) is 1. The van der Waals surface area contributed by atoms with Crippen LogP contribution in [-0.2, 0) is 16.0 Å². The van der Waals surface area contributed by atoms with Crippen molar-refractivity contribution in [2.24, 2.45) is 9.98 Å². The van der Waals surface area contributed by atoms with Gasteiger partial charge in [-0.15, -0.1) is 0 Å². The first-order chi connectivity index (χ1) is 17.0. The van der Waals surface area contributed by atoms with Gasteiger partial charge in [-0.05, 0) is 48.9 Å². The quantitative estimate of drug-likeness (QED) is 0.552.